The number of thioether (sulfide) groups is 1. The molecule has 0 saturated carbocycles. The van der Waals surface area contributed by atoms with Gasteiger partial charge in [-0.2, -0.15) is 0 Å². The largest absolute Gasteiger partial charge is 0.508 e. The van der Waals surface area contributed by atoms with Crippen LogP contribution >= 0.6 is 18.6 Å². The van der Waals surface area contributed by atoms with Crippen LogP contribution in [0.15, 0.2) is 166 Å². The average molecular weight is 906 g/mol. The number of hydrogen-bond acceptors (Lipinski definition) is 12. The Bertz CT molecular complexity index is 2290. The summed E-state index contributed by atoms with van der Waals surface area (Å²) in [6, 6.07) is 33.8. The normalized spacial score (nSPS) is 14.6. The number of nitrogens with zero attached hydrogens (tertiary/aromatic N) is 2. The summed E-state index contributed by atoms with van der Waals surface area (Å²) >= 11 is 0.670. The Kier molecular flexibility index (Phi) is 17.5. The van der Waals surface area contributed by atoms with Crippen molar-refractivity contribution in [3.05, 3.63) is 166 Å². The summed E-state index contributed by atoms with van der Waals surface area (Å²) in [6.07, 6.45) is 1.65. The van der Waals surface area contributed by atoms with E-state index in [4.69, 9.17) is 23.7 Å². The Labute approximate surface area is 376 Å². The maximum Gasteiger partial charge on any atom is 0.508 e. The first-order valence-electron chi connectivity index (χ1n) is 19.9. The molecule has 1 fully saturated rings. The van der Waals surface area contributed by atoms with E-state index in [1.165, 1.54) is 60.4 Å². The Balaban J connectivity index is 1.69. The van der Waals surface area contributed by atoms with Crippen molar-refractivity contribution in [1.29, 1.82) is 0 Å². The van der Waals surface area contributed by atoms with Gasteiger partial charge in [0.15, 0.2) is 0 Å². The molecule has 16 heteroatoms. The van der Waals surface area contributed by atoms with E-state index in [1.807, 2.05) is 91.0 Å². The Morgan fingerprint density at radius 3 is 1.70 bits per heavy atom. The molecule has 1 aliphatic heterocycles. The lowest BCUT2D eigenvalue weighted by Crippen LogP contribution is -2.67. The average Bonchev–Trinajstić information content (AvgIpc) is 3.31. The van der Waals surface area contributed by atoms with Gasteiger partial charge in [0, 0.05) is 18.3 Å². The molecule has 1 heterocycles. The summed E-state index contributed by atoms with van der Waals surface area (Å²) in [4.78, 5) is 85.3. The number of anilines is 2. The summed E-state index contributed by atoms with van der Waals surface area (Å²) in [5.74, 6) is -2.68. The lowest BCUT2D eigenvalue weighted by Gasteiger charge is -2.50. The lowest BCUT2D eigenvalue weighted by molar-refractivity contribution is -0.152. The highest BCUT2D eigenvalue weighted by atomic mass is 32.2. The molecule has 0 unspecified atom stereocenters. The van der Waals surface area contributed by atoms with Gasteiger partial charge in [-0.15, -0.1) is 0 Å². The molecule has 332 valence electrons. The molecular formula is C48H48N3O11PS. The van der Waals surface area contributed by atoms with E-state index in [-0.39, 0.29) is 37.5 Å². The van der Waals surface area contributed by atoms with Crippen LogP contribution in [0.4, 0.5) is 25.8 Å². The molecular weight excluding hydrogens is 858 g/mol. The van der Waals surface area contributed by atoms with Crippen LogP contribution in [0.3, 0.4) is 0 Å². The van der Waals surface area contributed by atoms with Crippen LogP contribution in [0.2, 0.25) is 0 Å². The van der Waals surface area contributed by atoms with Gasteiger partial charge >= 0.3 is 24.3 Å². The maximum atomic E-state index is 15.0. The molecule has 1 N–H and O–H groups in total. The minimum absolute atomic E-state index is 0.00937. The second-order valence-electron chi connectivity index (χ2n) is 13.7. The van der Waals surface area contributed by atoms with Crippen molar-refractivity contribution in [3.8, 4) is 0 Å². The van der Waals surface area contributed by atoms with Crippen LogP contribution in [0.5, 0.6) is 0 Å². The fourth-order valence-corrected chi connectivity index (χ4v) is 12.5. The van der Waals surface area contributed by atoms with Crippen molar-refractivity contribution < 1.29 is 52.5 Å². The standard InChI is InChI=1S/C48H48N3O11PS/c1-6-29-58-45(54)43(63(37-19-13-10-14-20-37,38-21-15-11-16-22-38)39-23-17-12-18-24-39)51-42(53)41(34(5)62-48(57)61-32-9-4)44(51)64-40(52)33-50(47(56)60-31-8-3)36-27-25-35(26-28-36)49-46(55)59-30-7-2/h6-28,34,41,44H,1-4,29-33H2,5H3,(H,49,55)/t34-,41+,44-/m1/s1. The quantitative estimate of drug-likeness (QED) is 0.0313. The van der Waals surface area contributed by atoms with Crippen molar-refractivity contribution in [3.63, 3.8) is 0 Å². The van der Waals surface area contributed by atoms with Crippen molar-refractivity contribution in [1.82, 2.24) is 4.90 Å². The van der Waals surface area contributed by atoms with Crippen LogP contribution in [-0.2, 0) is 38.1 Å². The molecule has 1 saturated heterocycles. The van der Waals surface area contributed by atoms with E-state index >= 15 is 0 Å². The van der Waals surface area contributed by atoms with Gasteiger partial charge in [0.25, 0.3) is 0 Å². The first kappa shape index (κ1) is 48.0. The van der Waals surface area contributed by atoms with Gasteiger partial charge in [0.05, 0.1) is 6.54 Å². The number of amides is 3. The van der Waals surface area contributed by atoms with Crippen molar-refractivity contribution in [2.75, 3.05) is 43.2 Å². The van der Waals surface area contributed by atoms with Gasteiger partial charge in [-0.1, -0.05) is 153 Å². The number of esters is 1. The first-order chi connectivity index (χ1) is 31.0. The SMILES string of the molecule is C=CCOC(=O)Nc1ccc(N(CC(=O)S[C@@H]2[C@@H]([C@@H](C)OC(=O)OCC=C)C(=O)N2C(C(=O)OCC=C)=P(c2ccccc2)(c2ccccc2)c2ccccc2)C(=O)OCC=C)cc1. The predicted molar refractivity (Wildman–Crippen MR) is 251 cm³/mol. The van der Waals surface area contributed by atoms with E-state index in [1.54, 1.807) is 0 Å². The highest BCUT2D eigenvalue weighted by molar-refractivity contribution is 8.14. The number of benzene rings is 4. The van der Waals surface area contributed by atoms with Gasteiger partial charge in [-0.25, -0.2) is 19.2 Å². The summed E-state index contributed by atoms with van der Waals surface area (Å²) in [7, 11) is 0. The molecule has 3 atom stereocenters. The minimum atomic E-state index is -3.42. The van der Waals surface area contributed by atoms with Crippen LogP contribution in [0.1, 0.15) is 6.92 Å². The molecule has 0 bridgehead atoms. The highest BCUT2D eigenvalue weighted by Gasteiger charge is 2.57. The summed E-state index contributed by atoms with van der Waals surface area (Å²) in [6.45, 7) is 11.3. The van der Waals surface area contributed by atoms with E-state index in [0.717, 1.165) is 4.90 Å². The van der Waals surface area contributed by atoms with Gasteiger partial charge in [-0.05, 0) is 47.1 Å². The number of likely N-dealkylation sites (tertiary alicyclic amines) is 1. The molecule has 0 aromatic heterocycles. The number of carbonyl (C=O) groups excluding carboxylic acids is 6. The predicted octanol–water partition coefficient (Wildman–Crippen LogP) is 7.18. The molecule has 4 aromatic rings. The molecule has 14 nitrogen and oxygen atoms in total. The molecule has 3 amide bonds. The first-order valence-corrected chi connectivity index (χ1v) is 22.6. The zero-order valence-corrected chi connectivity index (χ0v) is 36.8. The molecule has 0 radical (unpaired) electrons. The number of nitrogens with one attached hydrogen (secondary N) is 1. The third-order valence-corrected chi connectivity index (χ3v) is 14.9. The second-order valence-corrected chi connectivity index (χ2v) is 18.2. The van der Waals surface area contributed by atoms with Gasteiger partial charge in [-0.3, -0.25) is 24.7 Å². The van der Waals surface area contributed by atoms with Crippen molar-refractivity contribution in [2.24, 2.45) is 5.92 Å². The van der Waals surface area contributed by atoms with Crippen molar-refractivity contribution in [2.45, 2.75) is 18.4 Å². The van der Waals surface area contributed by atoms with Crippen LogP contribution in [-0.4, -0.2) is 90.1 Å². The fourth-order valence-electron chi connectivity index (χ4n) is 6.80. The zero-order valence-electron chi connectivity index (χ0n) is 35.1. The second kappa shape index (κ2) is 23.4. The Morgan fingerprint density at radius 1 is 0.703 bits per heavy atom. The van der Waals surface area contributed by atoms with Crippen molar-refractivity contribution >= 4 is 86.7 Å². The van der Waals surface area contributed by atoms with Gasteiger partial charge < -0.3 is 23.7 Å². The van der Waals surface area contributed by atoms with Gasteiger partial charge in [0.2, 0.25) is 11.0 Å². The highest BCUT2D eigenvalue weighted by Crippen LogP contribution is 2.51. The fraction of sp³-hybridized carbons (Fsp3) is 0.188. The number of ether oxygens (including phenoxy) is 5. The topological polar surface area (TPSA) is 167 Å². The molecule has 0 aliphatic carbocycles. The van der Waals surface area contributed by atoms with Crippen LogP contribution in [0, 0.1) is 5.92 Å². The van der Waals surface area contributed by atoms with Crippen LogP contribution in [0.25, 0.3) is 0 Å². The third-order valence-electron chi connectivity index (χ3n) is 9.52. The smallest absolute Gasteiger partial charge is 0.457 e. The number of hydrogen-bond donors (Lipinski definition) is 1. The molecule has 1 aliphatic rings. The maximum absolute atomic E-state index is 15.0. The third kappa shape index (κ3) is 11.3. The van der Waals surface area contributed by atoms with Crippen LogP contribution < -0.4 is 26.1 Å². The van der Waals surface area contributed by atoms with E-state index in [9.17, 15) is 28.8 Å². The molecule has 0 spiro atoms. The van der Waals surface area contributed by atoms with E-state index in [0.29, 0.717) is 33.4 Å². The molecule has 5 rings (SSSR count). The number of rotatable bonds is 20. The molecule has 64 heavy (non-hydrogen) atoms. The Morgan fingerprint density at radius 2 is 1.19 bits per heavy atom. The van der Waals surface area contributed by atoms with Gasteiger partial charge in [0.1, 0.15) is 49.2 Å². The summed E-state index contributed by atoms with van der Waals surface area (Å²) in [5.41, 5.74) is 0.511. The Hall–Kier alpha value is -7.09. The van der Waals surface area contributed by atoms with E-state index in [2.05, 4.69) is 31.6 Å². The number of β-lactam (4-membered cyclic amide) rings is 1. The lowest BCUT2D eigenvalue weighted by atomic mass is 9.92. The summed E-state index contributed by atoms with van der Waals surface area (Å²) < 4.78 is 26.8. The molecule has 4 aromatic carbocycles. The summed E-state index contributed by atoms with van der Waals surface area (Å²) in [5, 5.41) is 2.81. The monoisotopic (exact) mass is 905 g/mol. The van der Waals surface area contributed by atoms with E-state index < -0.39 is 66.2 Å². The minimum Gasteiger partial charge on any atom is -0.457 e. The number of carbonyl (C=O) groups is 6. The zero-order chi connectivity index (χ0) is 46.1.